The van der Waals surface area contributed by atoms with Crippen LogP contribution in [-0.2, 0) is 35.3 Å². The standard InChI is InChI=1S/C31H45N3O7/c1-18(26-27(41-26)21-13-11-20(17-35)12-14-21)23-9-8-10-24(36)32-16-25(37)33-19(2)31(6,7)29(39)34-22(28(38)40-23)15-30(3,4)5/h8,10-14,18-19,22-23,26-27,35H,9,15-17H2,1-7H3,(H,32,36)(H,33,37)(H,34,39)/b10-8-/t18-,19?,22?,23?,26+,27+/m0/s1. The lowest BCUT2D eigenvalue weighted by Crippen LogP contribution is -2.56. The van der Waals surface area contributed by atoms with Crippen molar-refractivity contribution in [2.45, 2.75) is 98.3 Å². The zero-order chi connectivity index (χ0) is 30.5. The van der Waals surface area contributed by atoms with Gasteiger partial charge < -0.3 is 30.5 Å². The number of hydrogen-bond acceptors (Lipinski definition) is 7. The van der Waals surface area contributed by atoms with Gasteiger partial charge in [-0.05, 0) is 49.8 Å². The fraction of sp³-hybridized carbons (Fsp3) is 0.613. The fourth-order valence-corrected chi connectivity index (χ4v) is 4.77. The SMILES string of the molecule is CC1NC(=O)CNC(=O)/C=C\CC([C@H](C)[C@H]2O[C@@H]2c2ccc(CO)cc2)OC(=O)C(CC(C)(C)C)NC(=O)C1(C)C. The van der Waals surface area contributed by atoms with Crippen molar-refractivity contribution in [3.05, 3.63) is 47.5 Å². The van der Waals surface area contributed by atoms with Gasteiger partial charge in [-0.3, -0.25) is 14.4 Å². The van der Waals surface area contributed by atoms with E-state index in [1.54, 1.807) is 26.8 Å². The van der Waals surface area contributed by atoms with Crippen LogP contribution in [0.5, 0.6) is 0 Å². The molecule has 3 amide bonds. The first-order valence-corrected chi connectivity index (χ1v) is 14.2. The van der Waals surface area contributed by atoms with Crippen molar-refractivity contribution in [2.24, 2.45) is 16.7 Å². The van der Waals surface area contributed by atoms with E-state index < -0.39 is 47.3 Å². The van der Waals surface area contributed by atoms with E-state index >= 15 is 0 Å². The van der Waals surface area contributed by atoms with Crippen molar-refractivity contribution in [3.63, 3.8) is 0 Å². The minimum absolute atomic E-state index is 0.0450. The summed E-state index contributed by atoms with van der Waals surface area (Å²) in [5.41, 5.74) is 0.407. The predicted octanol–water partition coefficient (Wildman–Crippen LogP) is 2.69. The Hall–Kier alpha value is -3.24. The molecule has 0 aliphatic carbocycles. The molecule has 0 saturated carbocycles. The van der Waals surface area contributed by atoms with E-state index in [0.717, 1.165) is 11.1 Å². The zero-order valence-electron chi connectivity index (χ0n) is 25.2. The van der Waals surface area contributed by atoms with Crippen molar-refractivity contribution in [1.82, 2.24) is 16.0 Å². The quantitative estimate of drug-likeness (QED) is 0.314. The number of rotatable bonds is 5. The maximum absolute atomic E-state index is 13.6. The molecule has 2 aliphatic rings. The van der Waals surface area contributed by atoms with Gasteiger partial charge in [0.1, 0.15) is 18.2 Å². The second kappa shape index (κ2) is 13.2. The molecule has 2 heterocycles. The van der Waals surface area contributed by atoms with Crippen LogP contribution in [0.3, 0.4) is 0 Å². The Kier molecular flexibility index (Phi) is 10.4. The number of epoxide rings is 1. The maximum atomic E-state index is 13.6. The van der Waals surface area contributed by atoms with Gasteiger partial charge >= 0.3 is 5.97 Å². The number of aliphatic hydroxyl groups excluding tert-OH is 1. The molecule has 10 nitrogen and oxygen atoms in total. The average molecular weight is 572 g/mol. The van der Waals surface area contributed by atoms with Gasteiger partial charge in [-0.25, -0.2) is 4.79 Å². The van der Waals surface area contributed by atoms with E-state index in [2.05, 4.69) is 16.0 Å². The molecule has 1 saturated heterocycles. The summed E-state index contributed by atoms with van der Waals surface area (Å²) < 4.78 is 12.1. The second-order valence-corrected chi connectivity index (χ2v) is 12.9. The molecular weight excluding hydrogens is 526 g/mol. The van der Waals surface area contributed by atoms with E-state index in [1.165, 1.54) is 6.08 Å². The number of nitrogens with one attached hydrogen (secondary N) is 3. The van der Waals surface area contributed by atoms with Crippen LogP contribution in [0.25, 0.3) is 0 Å². The lowest BCUT2D eigenvalue weighted by Gasteiger charge is -2.34. The van der Waals surface area contributed by atoms with Gasteiger partial charge in [0.05, 0.1) is 24.7 Å². The van der Waals surface area contributed by atoms with Crippen molar-refractivity contribution >= 4 is 23.7 Å². The fourth-order valence-electron chi connectivity index (χ4n) is 4.77. The lowest BCUT2D eigenvalue weighted by molar-refractivity contribution is -0.157. The van der Waals surface area contributed by atoms with Gasteiger partial charge in [-0.1, -0.05) is 58.0 Å². The molecule has 1 aromatic carbocycles. The first-order chi connectivity index (χ1) is 19.1. The van der Waals surface area contributed by atoms with Crippen LogP contribution in [-0.4, -0.2) is 59.6 Å². The predicted molar refractivity (Wildman–Crippen MR) is 153 cm³/mol. The van der Waals surface area contributed by atoms with Crippen LogP contribution in [0.2, 0.25) is 0 Å². The second-order valence-electron chi connectivity index (χ2n) is 12.9. The smallest absolute Gasteiger partial charge is 0.328 e. The molecule has 0 radical (unpaired) electrons. The molecule has 4 N–H and O–H groups in total. The Balaban J connectivity index is 1.87. The molecule has 3 rings (SSSR count). The highest BCUT2D eigenvalue weighted by atomic mass is 16.6. The van der Waals surface area contributed by atoms with Crippen LogP contribution in [0.1, 0.15) is 78.5 Å². The van der Waals surface area contributed by atoms with Gasteiger partial charge in [-0.2, -0.15) is 0 Å². The molecule has 0 aromatic heterocycles. The van der Waals surface area contributed by atoms with Gasteiger partial charge in [0.25, 0.3) is 0 Å². The number of cyclic esters (lactones) is 1. The molecule has 0 spiro atoms. The van der Waals surface area contributed by atoms with Crippen LogP contribution in [0, 0.1) is 16.7 Å². The third-order valence-corrected chi connectivity index (χ3v) is 7.90. The topological polar surface area (TPSA) is 146 Å². The van der Waals surface area contributed by atoms with Gasteiger partial charge in [0, 0.05) is 18.4 Å². The monoisotopic (exact) mass is 571 g/mol. The molecule has 226 valence electrons. The molecule has 2 aliphatic heterocycles. The van der Waals surface area contributed by atoms with E-state index in [-0.39, 0.29) is 43.1 Å². The summed E-state index contributed by atoms with van der Waals surface area (Å²) in [7, 11) is 0. The van der Waals surface area contributed by atoms with E-state index in [9.17, 15) is 24.3 Å². The molecular formula is C31H45N3O7. The zero-order valence-corrected chi connectivity index (χ0v) is 25.2. The Labute approximate surface area is 242 Å². The summed E-state index contributed by atoms with van der Waals surface area (Å²) in [6.45, 7) is 12.7. The highest BCUT2D eigenvalue weighted by molar-refractivity contribution is 5.92. The number of ether oxygens (including phenoxy) is 2. The summed E-state index contributed by atoms with van der Waals surface area (Å²) in [5, 5.41) is 17.5. The normalized spacial score (nSPS) is 29.4. The average Bonchev–Trinajstić information content (AvgIpc) is 3.70. The molecule has 10 heteroatoms. The highest BCUT2D eigenvalue weighted by Crippen LogP contribution is 2.45. The number of carbonyl (C=O) groups excluding carboxylic acids is 4. The molecule has 1 fully saturated rings. The Morgan fingerprint density at radius 1 is 1.07 bits per heavy atom. The van der Waals surface area contributed by atoms with Crippen molar-refractivity contribution in [1.29, 1.82) is 0 Å². The van der Waals surface area contributed by atoms with Crippen LogP contribution < -0.4 is 16.0 Å². The molecule has 0 bridgehead atoms. The number of aliphatic hydroxyl groups is 1. The lowest BCUT2D eigenvalue weighted by atomic mass is 9.82. The van der Waals surface area contributed by atoms with Crippen LogP contribution >= 0.6 is 0 Å². The summed E-state index contributed by atoms with van der Waals surface area (Å²) in [6.07, 6.45) is 2.47. The van der Waals surface area contributed by atoms with Crippen LogP contribution in [0.15, 0.2) is 36.4 Å². The van der Waals surface area contributed by atoms with Crippen molar-refractivity contribution in [2.75, 3.05) is 6.54 Å². The third-order valence-electron chi connectivity index (χ3n) is 7.90. The highest BCUT2D eigenvalue weighted by Gasteiger charge is 2.48. The summed E-state index contributed by atoms with van der Waals surface area (Å²) in [6, 6.07) is 6.01. The summed E-state index contributed by atoms with van der Waals surface area (Å²) >= 11 is 0. The van der Waals surface area contributed by atoms with Crippen LogP contribution in [0.4, 0.5) is 0 Å². The number of benzene rings is 1. The number of hydrogen-bond donors (Lipinski definition) is 4. The van der Waals surface area contributed by atoms with Crippen molar-refractivity contribution in [3.8, 4) is 0 Å². The van der Waals surface area contributed by atoms with Gasteiger partial charge in [0.15, 0.2) is 0 Å². The molecule has 6 atom stereocenters. The first-order valence-electron chi connectivity index (χ1n) is 14.2. The minimum atomic E-state index is -1.06. The largest absolute Gasteiger partial charge is 0.460 e. The first kappa shape index (κ1) is 32.3. The van der Waals surface area contributed by atoms with E-state index in [1.807, 2.05) is 52.0 Å². The number of carbonyl (C=O) groups is 4. The molecule has 3 unspecified atom stereocenters. The van der Waals surface area contributed by atoms with E-state index in [0.29, 0.717) is 6.42 Å². The number of amides is 3. The maximum Gasteiger partial charge on any atom is 0.328 e. The minimum Gasteiger partial charge on any atom is -0.460 e. The van der Waals surface area contributed by atoms with Gasteiger partial charge in [-0.15, -0.1) is 0 Å². The Morgan fingerprint density at radius 3 is 2.34 bits per heavy atom. The third kappa shape index (κ3) is 8.87. The van der Waals surface area contributed by atoms with Gasteiger partial charge in [0.2, 0.25) is 17.7 Å². The number of esters is 1. The Morgan fingerprint density at radius 2 is 1.73 bits per heavy atom. The summed E-state index contributed by atoms with van der Waals surface area (Å²) in [4.78, 5) is 51.9. The molecule has 1 aromatic rings. The summed E-state index contributed by atoms with van der Waals surface area (Å²) in [5.74, 6) is -2.07. The Bertz CT molecular complexity index is 1140. The van der Waals surface area contributed by atoms with Crippen molar-refractivity contribution < 1.29 is 33.8 Å². The molecule has 41 heavy (non-hydrogen) atoms. The van der Waals surface area contributed by atoms with E-state index in [4.69, 9.17) is 9.47 Å².